The van der Waals surface area contributed by atoms with Crippen LogP contribution in [0.15, 0.2) is 35.7 Å². The van der Waals surface area contributed by atoms with E-state index in [2.05, 4.69) is 22.6 Å². The first-order valence-corrected chi connectivity index (χ1v) is 6.94. The molecule has 0 N–H and O–H groups in total. The van der Waals surface area contributed by atoms with E-state index in [0.29, 0.717) is 6.42 Å². The zero-order valence-corrected chi connectivity index (χ0v) is 11.8. The minimum absolute atomic E-state index is 0.202. The highest BCUT2D eigenvalue weighted by molar-refractivity contribution is 14.1. The molecule has 0 spiro atoms. The Morgan fingerprint density at radius 1 is 1.38 bits per heavy atom. The van der Waals surface area contributed by atoms with Crippen LogP contribution < -0.4 is 0 Å². The van der Waals surface area contributed by atoms with Crippen LogP contribution in [0.1, 0.15) is 21.5 Å². The number of ketones is 1. The van der Waals surface area contributed by atoms with E-state index in [4.69, 9.17) is 0 Å². The molecule has 0 saturated carbocycles. The highest BCUT2D eigenvalue weighted by Gasteiger charge is 2.09. The molecular formula is C13H11IOS. The predicted molar refractivity (Wildman–Crippen MR) is 76.2 cm³/mol. The summed E-state index contributed by atoms with van der Waals surface area (Å²) in [5.41, 5.74) is 3.13. The minimum atomic E-state index is 0.202. The topological polar surface area (TPSA) is 17.1 Å². The third-order valence-electron chi connectivity index (χ3n) is 2.50. The maximum Gasteiger partial charge on any atom is 0.168 e. The monoisotopic (exact) mass is 342 g/mol. The molecule has 0 radical (unpaired) electrons. The van der Waals surface area contributed by atoms with Crippen LogP contribution in [0.4, 0.5) is 0 Å². The van der Waals surface area contributed by atoms with Crippen molar-refractivity contribution in [2.24, 2.45) is 0 Å². The quantitative estimate of drug-likeness (QED) is 0.607. The van der Waals surface area contributed by atoms with E-state index in [9.17, 15) is 4.79 Å². The van der Waals surface area contributed by atoms with Crippen LogP contribution in [0, 0.1) is 9.81 Å². The van der Waals surface area contributed by atoms with Crippen molar-refractivity contribution in [1.29, 1.82) is 0 Å². The summed E-state index contributed by atoms with van der Waals surface area (Å²) in [5.74, 6) is 0.202. The Kier molecular flexibility index (Phi) is 3.76. The maximum atomic E-state index is 12.0. The fourth-order valence-corrected chi connectivity index (χ4v) is 2.89. The number of Topliss-reactive ketones (excluding diaryl/α,β-unsaturated/α-hetero) is 1. The van der Waals surface area contributed by atoms with Gasteiger partial charge in [-0.3, -0.25) is 4.79 Å². The molecule has 0 saturated heterocycles. The molecule has 1 aromatic carbocycles. The summed E-state index contributed by atoms with van der Waals surface area (Å²) >= 11 is 3.85. The van der Waals surface area contributed by atoms with Crippen LogP contribution in [-0.2, 0) is 6.42 Å². The lowest BCUT2D eigenvalue weighted by Crippen LogP contribution is -2.03. The number of rotatable bonds is 3. The summed E-state index contributed by atoms with van der Waals surface area (Å²) in [4.78, 5) is 12.0. The molecule has 82 valence electrons. The van der Waals surface area contributed by atoms with Crippen molar-refractivity contribution in [3.8, 4) is 0 Å². The SMILES string of the molecule is Cc1ccccc1CC(=O)c1csc(I)c1. The van der Waals surface area contributed by atoms with Gasteiger partial charge in [0, 0.05) is 17.4 Å². The second kappa shape index (κ2) is 5.10. The number of carbonyl (C=O) groups is 1. The summed E-state index contributed by atoms with van der Waals surface area (Å²) in [7, 11) is 0. The van der Waals surface area contributed by atoms with Crippen molar-refractivity contribution in [2.75, 3.05) is 0 Å². The molecule has 0 atom stereocenters. The molecule has 0 bridgehead atoms. The third-order valence-corrected chi connectivity index (χ3v) is 4.29. The first-order chi connectivity index (χ1) is 7.66. The summed E-state index contributed by atoms with van der Waals surface area (Å²) in [6, 6.07) is 9.99. The number of halogens is 1. The van der Waals surface area contributed by atoms with Gasteiger partial charge in [-0.25, -0.2) is 0 Å². The Hall–Kier alpha value is -0.680. The fraction of sp³-hybridized carbons (Fsp3) is 0.154. The van der Waals surface area contributed by atoms with Gasteiger partial charge in [-0.1, -0.05) is 24.3 Å². The van der Waals surface area contributed by atoms with Crippen LogP contribution >= 0.6 is 33.9 Å². The van der Waals surface area contributed by atoms with Gasteiger partial charge >= 0.3 is 0 Å². The van der Waals surface area contributed by atoms with Crippen LogP contribution in [0.5, 0.6) is 0 Å². The van der Waals surface area contributed by atoms with Gasteiger partial charge in [-0.05, 0) is 46.7 Å². The number of thiophene rings is 1. The highest BCUT2D eigenvalue weighted by atomic mass is 127. The molecule has 2 rings (SSSR count). The Labute approximate surface area is 113 Å². The van der Waals surface area contributed by atoms with Crippen molar-refractivity contribution in [3.05, 3.63) is 55.3 Å². The standard InChI is InChI=1S/C13H11IOS/c1-9-4-2-3-5-10(9)6-12(15)11-7-13(14)16-8-11/h2-5,7-8H,6H2,1H3. The Bertz CT molecular complexity index is 516. The second-order valence-electron chi connectivity index (χ2n) is 3.67. The van der Waals surface area contributed by atoms with Crippen molar-refractivity contribution in [2.45, 2.75) is 13.3 Å². The van der Waals surface area contributed by atoms with E-state index in [-0.39, 0.29) is 5.78 Å². The average Bonchev–Trinajstić information content (AvgIpc) is 2.68. The van der Waals surface area contributed by atoms with Crippen LogP contribution in [-0.4, -0.2) is 5.78 Å². The lowest BCUT2D eigenvalue weighted by atomic mass is 10.0. The van der Waals surface area contributed by atoms with Gasteiger partial charge < -0.3 is 0 Å². The molecule has 0 unspecified atom stereocenters. The van der Waals surface area contributed by atoms with Gasteiger partial charge in [-0.15, -0.1) is 11.3 Å². The Balaban J connectivity index is 2.17. The molecule has 16 heavy (non-hydrogen) atoms. The van der Waals surface area contributed by atoms with Crippen LogP contribution in [0.3, 0.4) is 0 Å². The molecule has 1 nitrogen and oxygen atoms in total. The van der Waals surface area contributed by atoms with Crippen molar-refractivity contribution < 1.29 is 4.79 Å². The first-order valence-electron chi connectivity index (χ1n) is 4.98. The van der Waals surface area contributed by atoms with Crippen molar-refractivity contribution in [3.63, 3.8) is 0 Å². The number of hydrogen-bond donors (Lipinski definition) is 0. The van der Waals surface area contributed by atoms with E-state index in [1.165, 1.54) is 5.56 Å². The smallest absolute Gasteiger partial charge is 0.168 e. The van der Waals surface area contributed by atoms with Gasteiger partial charge in [0.2, 0.25) is 0 Å². The van der Waals surface area contributed by atoms with Gasteiger partial charge in [0.1, 0.15) is 0 Å². The number of benzene rings is 1. The molecule has 0 fully saturated rings. The Morgan fingerprint density at radius 2 is 2.12 bits per heavy atom. The summed E-state index contributed by atoms with van der Waals surface area (Å²) in [5, 5.41) is 1.93. The predicted octanol–water partition coefficient (Wildman–Crippen LogP) is 4.09. The van der Waals surface area contributed by atoms with Crippen LogP contribution in [0.25, 0.3) is 0 Å². The van der Waals surface area contributed by atoms with E-state index in [1.807, 2.05) is 42.6 Å². The van der Waals surface area contributed by atoms with E-state index >= 15 is 0 Å². The van der Waals surface area contributed by atoms with Gasteiger partial charge in [0.05, 0.1) is 2.88 Å². The number of aryl methyl sites for hydroxylation is 1. The van der Waals surface area contributed by atoms with Crippen molar-refractivity contribution in [1.82, 2.24) is 0 Å². The molecule has 1 heterocycles. The Morgan fingerprint density at radius 3 is 2.75 bits per heavy atom. The molecule has 0 aliphatic heterocycles. The first kappa shape index (κ1) is 11.8. The molecule has 2 aromatic rings. The molecular weight excluding hydrogens is 331 g/mol. The molecule has 3 heteroatoms. The molecule has 0 aliphatic rings. The van der Waals surface area contributed by atoms with Gasteiger partial charge in [0.25, 0.3) is 0 Å². The van der Waals surface area contributed by atoms with Crippen LogP contribution in [0.2, 0.25) is 0 Å². The minimum Gasteiger partial charge on any atom is -0.294 e. The zero-order chi connectivity index (χ0) is 11.5. The zero-order valence-electron chi connectivity index (χ0n) is 8.87. The molecule has 0 aliphatic carbocycles. The highest BCUT2D eigenvalue weighted by Crippen LogP contribution is 2.19. The summed E-state index contributed by atoms with van der Waals surface area (Å²) in [6.45, 7) is 2.04. The van der Waals surface area contributed by atoms with E-state index < -0.39 is 0 Å². The normalized spacial score (nSPS) is 10.4. The van der Waals surface area contributed by atoms with Gasteiger partial charge in [0.15, 0.2) is 5.78 Å². The average molecular weight is 342 g/mol. The lowest BCUT2D eigenvalue weighted by molar-refractivity contribution is 0.0993. The molecule has 0 amide bonds. The third kappa shape index (κ3) is 2.71. The summed E-state index contributed by atoms with van der Waals surface area (Å²) < 4.78 is 1.16. The number of carbonyl (C=O) groups excluding carboxylic acids is 1. The largest absolute Gasteiger partial charge is 0.294 e. The summed E-state index contributed by atoms with van der Waals surface area (Å²) in [6.07, 6.45) is 0.499. The lowest BCUT2D eigenvalue weighted by Gasteiger charge is -2.03. The second-order valence-corrected chi connectivity index (χ2v) is 6.47. The maximum absolute atomic E-state index is 12.0. The fourth-order valence-electron chi connectivity index (χ4n) is 1.54. The van der Waals surface area contributed by atoms with Gasteiger partial charge in [-0.2, -0.15) is 0 Å². The van der Waals surface area contributed by atoms with E-state index in [0.717, 1.165) is 14.0 Å². The van der Waals surface area contributed by atoms with Crippen molar-refractivity contribution >= 4 is 39.7 Å². The number of hydrogen-bond acceptors (Lipinski definition) is 2. The van der Waals surface area contributed by atoms with E-state index in [1.54, 1.807) is 11.3 Å². The molecule has 1 aromatic heterocycles.